The van der Waals surface area contributed by atoms with E-state index in [1.165, 1.54) is 0 Å². The Balaban J connectivity index is 4.17. The first-order valence-electron chi connectivity index (χ1n) is 6.03. The predicted molar refractivity (Wildman–Crippen MR) is 77.1 cm³/mol. The van der Waals surface area contributed by atoms with Crippen molar-refractivity contribution in [1.82, 2.24) is 10.0 Å². The third-order valence-corrected chi connectivity index (χ3v) is 5.06. The average molecular weight is 282 g/mol. The van der Waals surface area contributed by atoms with Crippen LogP contribution in [0.25, 0.3) is 0 Å². The molecule has 17 heavy (non-hydrogen) atoms. The minimum atomic E-state index is -3.21. The molecule has 0 fully saturated rings. The van der Waals surface area contributed by atoms with Gasteiger partial charge in [0.05, 0.1) is 5.25 Å². The van der Waals surface area contributed by atoms with E-state index >= 15 is 0 Å². The van der Waals surface area contributed by atoms with E-state index in [4.69, 9.17) is 0 Å². The molecule has 4 nitrogen and oxygen atoms in total. The highest BCUT2D eigenvalue weighted by Crippen LogP contribution is 2.04. The Morgan fingerprint density at radius 1 is 1.18 bits per heavy atom. The SMILES string of the molecule is CSCCC(C)NS(=O)(=O)C(C)CNC(C)C. The fraction of sp³-hybridized carbons (Fsp3) is 1.00. The van der Waals surface area contributed by atoms with Crippen molar-refractivity contribution in [2.45, 2.75) is 51.4 Å². The van der Waals surface area contributed by atoms with E-state index in [0.717, 1.165) is 12.2 Å². The fourth-order valence-corrected chi connectivity index (χ4v) is 3.08. The van der Waals surface area contributed by atoms with Gasteiger partial charge in [-0.2, -0.15) is 11.8 Å². The maximum atomic E-state index is 12.0. The van der Waals surface area contributed by atoms with E-state index in [1.807, 2.05) is 27.0 Å². The molecule has 0 aromatic rings. The van der Waals surface area contributed by atoms with E-state index in [-0.39, 0.29) is 6.04 Å². The topological polar surface area (TPSA) is 58.2 Å². The molecule has 2 atom stereocenters. The van der Waals surface area contributed by atoms with Gasteiger partial charge in [-0.25, -0.2) is 13.1 Å². The highest BCUT2D eigenvalue weighted by molar-refractivity contribution is 7.98. The standard InChI is InChI=1S/C11H26N2O2S2/c1-9(2)12-8-11(4)17(14,15)13-10(3)6-7-16-5/h9-13H,6-8H2,1-5H3. The van der Waals surface area contributed by atoms with Crippen molar-refractivity contribution in [2.24, 2.45) is 0 Å². The van der Waals surface area contributed by atoms with E-state index in [2.05, 4.69) is 10.0 Å². The second-order valence-corrected chi connectivity index (χ2v) is 7.84. The predicted octanol–water partition coefficient (Wildman–Crippen LogP) is 1.43. The molecule has 2 unspecified atom stereocenters. The van der Waals surface area contributed by atoms with Crippen molar-refractivity contribution in [3.63, 3.8) is 0 Å². The highest BCUT2D eigenvalue weighted by atomic mass is 32.2. The molecule has 0 aliphatic carbocycles. The smallest absolute Gasteiger partial charge is 0.215 e. The molecule has 0 aromatic heterocycles. The van der Waals surface area contributed by atoms with E-state index in [9.17, 15) is 8.42 Å². The molecule has 2 N–H and O–H groups in total. The fourth-order valence-electron chi connectivity index (χ4n) is 1.26. The first-order chi connectivity index (χ1) is 7.79. The number of sulfonamides is 1. The summed E-state index contributed by atoms with van der Waals surface area (Å²) in [6, 6.07) is 0.315. The third-order valence-electron chi connectivity index (χ3n) is 2.46. The van der Waals surface area contributed by atoms with Gasteiger partial charge in [0.25, 0.3) is 0 Å². The Labute approximate surface area is 110 Å². The van der Waals surface area contributed by atoms with Gasteiger partial charge in [-0.05, 0) is 32.3 Å². The Morgan fingerprint density at radius 3 is 2.24 bits per heavy atom. The molecule has 0 aromatic carbocycles. The molecule has 0 amide bonds. The lowest BCUT2D eigenvalue weighted by Gasteiger charge is -2.19. The van der Waals surface area contributed by atoms with Gasteiger partial charge >= 0.3 is 0 Å². The minimum absolute atomic E-state index is 0.00829. The Hall–Kier alpha value is 0.220. The van der Waals surface area contributed by atoms with Gasteiger partial charge in [-0.1, -0.05) is 13.8 Å². The van der Waals surface area contributed by atoms with Gasteiger partial charge < -0.3 is 5.32 Å². The van der Waals surface area contributed by atoms with Gasteiger partial charge in [0, 0.05) is 18.6 Å². The molecule has 0 aliphatic rings. The van der Waals surface area contributed by atoms with Gasteiger partial charge in [0.2, 0.25) is 10.0 Å². The summed E-state index contributed by atoms with van der Waals surface area (Å²) < 4.78 is 26.7. The van der Waals surface area contributed by atoms with Crippen molar-refractivity contribution in [1.29, 1.82) is 0 Å². The number of hydrogen-bond acceptors (Lipinski definition) is 4. The summed E-state index contributed by atoms with van der Waals surface area (Å²) in [5.74, 6) is 0.975. The Kier molecular flexibility index (Phi) is 8.45. The van der Waals surface area contributed by atoms with Crippen molar-refractivity contribution < 1.29 is 8.42 Å². The lowest BCUT2D eigenvalue weighted by molar-refractivity contribution is 0.526. The molecule has 0 aliphatic heterocycles. The minimum Gasteiger partial charge on any atom is -0.313 e. The van der Waals surface area contributed by atoms with Crippen LogP contribution in [0.2, 0.25) is 0 Å². The molecule has 0 heterocycles. The van der Waals surface area contributed by atoms with Crippen molar-refractivity contribution in [2.75, 3.05) is 18.6 Å². The van der Waals surface area contributed by atoms with Crippen LogP contribution in [0.15, 0.2) is 0 Å². The van der Waals surface area contributed by atoms with Crippen LogP contribution < -0.4 is 10.0 Å². The maximum absolute atomic E-state index is 12.0. The second-order valence-electron chi connectivity index (χ2n) is 4.72. The lowest BCUT2D eigenvalue weighted by Crippen LogP contribution is -2.43. The summed E-state index contributed by atoms with van der Waals surface area (Å²) in [5.41, 5.74) is 0. The summed E-state index contributed by atoms with van der Waals surface area (Å²) in [6.45, 7) is 8.15. The lowest BCUT2D eigenvalue weighted by atomic mass is 10.3. The highest BCUT2D eigenvalue weighted by Gasteiger charge is 2.22. The largest absolute Gasteiger partial charge is 0.313 e. The number of hydrogen-bond donors (Lipinski definition) is 2. The van der Waals surface area contributed by atoms with E-state index < -0.39 is 15.3 Å². The van der Waals surface area contributed by atoms with Crippen LogP contribution in [0.3, 0.4) is 0 Å². The number of thioether (sulfide) groups is 1. The van der Waals surface area contributed by atoms with Gasteiger partial charge in [-0.15, -0.1) is 0 Å². The van der Waals surface area contributed by atoms with Crippen LogP contribution >= 0.6 is 11.8 Å². The van der Waals surface area contributed by atoms with E-state index in [1.54, 1.807) is 18.7 Å². The van der Waals surface area contributed by atoms with Crippen LogP contribution in [-0.4, -0.2) is 44.3 Å². The molecule has 0 rings (SSSR count). The molecular formula is C11H26N2O2S2. The third kappa shape index (κ3) is 8.02. The summed E-state index contributed by atoms with van der Waals surface area (Å²) >= 11 is 1.73. The van der Waals surface area contributed by atoms with Crippen LogP contribution in [0, 0.1) is 0 Å². The van der Waals surface area contributed by atoms with Gasteiger partial charge in [0.15, 0.2) is 0 Å². The van der Waals surface area contributed by atoms with Gasteiger partial charge in [-0.3, -0.25) is 0 Å². The molecule has 0 radical (unpaired) electrons. The normalized spacial score (nSPS) is 16.1. The molecule has 0 saturated carbocycles. The second kappa shape index (κ2) is 8.34. The maximum Gasteiger partial charge on any atom is 0.215 e. The number of nitrogens with one attached hydrogen (secondary N) is 2. The number of rotatable bonds is 9. The summed E-state index contributed by atoms with van der Waals surface area (Å²) in [6.07, 6.45) is 2.89. The van der Waals surface area contributed by atoms with Crippen molar-refractivity contribution in [3.05, 3.63) is 0 Å². The zero-order valence-corrected chi connectivity index (χ0v) is 13.1. The van der Waals surface area contributed by atoms with Crippen LogP contribution in [0.1, 0.15) is 34.1 Å². The molecule has 104 valence electrons. The Bertz CT molecular complexity index is 292. The first kappa shape index (κ1) is 17.2. The summed E-state index contributed by atoms with van der Waals surface area (Å²) in [7, 11) is -3.21. The van der Waals surface area contributed by atoms with Crippen molar-refractivity contribution >= 4 is 21.8 Å². The first-order valence-corrected chi connectivity index (χ1v) is 8.97. The zero-order valence-electron chi connectivity index (χ0n) is 11.5. The molecular weight excluding hydrogens is 256 g/mol. The molecule has 6 heteroatoms. The Morgan fingerprint density at radius 2 is 1.76 bits per heavy atom. The monoisotopic (exact) mass is 282 g/mol. The van der Waals surface area contributed by atoms with Crippen molar-refractivity contribution in [3.8, 4) is 0 Å². The van der Waals surface area contributed by atoms with Crippen LogP contribution in [0.4, 0.5) is 0 Å². The molecule has 0 spiro atoms. The molecule has 0 bridgehead atoms. The zero-order chi connectivity index (χ0) is 13.5. The average Bonchev–Trinajstić information content (AvgIpc) is 2.22. The summed E-state index contributed by atoms with van der Waals surface area (Å²) in [4.78, 5) is 0. The van der Waals surface area contributed by atoms with Crippen LogP contribution in [-0.2, 0) is 10.0 Å². The molecule has 0 saturated heterocycles. The van der Waals surface area contributed by atoms with E-state index in [0.29, 0.717) is 12.6 Å². The summed E-state index contributed by atoms with van der Waals surface area (Å²) in [5, 5.41) is 2.74. The van der Waals surface area contributed by atoms with Crippen LogP contribution in [0.5, 0.6) is 0 Å². The quantitative estimate of drug-likeness (QED) is 0.672. The van der Waals surface area contributed by atoms with Gasteiger partial charge in [0.1, 0.15) is 0 Å².